The van der Waals surface area contributed by atoms with Crippen LogP contribution in [0.1, 0.15) is 28.8 Å². The Morgan fingerprint density at radius 1 is 1.09 bits per heavy atom. The lowest BCUT2D eigenvalue weighted by Crippen LogP contribution is -2.35. The monoisotopic (exact) mass is 451 g/mol. The number of ether oxygens (including phenoxy) is 3. The van der Waals surface area contributed by atoms with E-state index in [4.69, 9.17) is 19.3 Å². The van der Waals surface area contributed by atoms with Crippen LogP contribution < -0.4 is 9.64 Å². The first kappa shape index (κ1) is 22.4. The van der Waals surface area contributed by atoms with Gasteiger partial charge in [-0.2, -0.15) is 13.2 Å². The molecule has 2 saturated heterocycles. The van der Waals surface area contributed by atoms with Crippen molar-refractivity contribution in [1.82, 2.24) is 0 Å². The van der Waals surface area contributed by atoms with E-state index in [0.717, 1.165) is 24.2 Å². The molecule has 0 aromatic heterocycles. The van der Waals surface area contributed by atoms with E-state index >= 15 is 0 Å². The van der Waals surface area contributed by atoms with Crippen LogP contribution in [0.2, 0.25) is 0 Å². The molecule has 0 bridgehead atoms. The van der Waals surface area contributed by atoms with Crippen LogP contribution in [-0.4, -0.2) is 55.7 Å². The molecule has 9 heteroatoms. The van der Waals surface area contributed by atoms with Crippen molar-refractivity contribution in [3.05, 3.63) is 59.7 Å². The largest absolute Gasteiger partial charge is 0.489 e. The Labute approximate surface area is 183 Å². The lowest BCUT2D eigenvalue weighted by molar-refractivity contribution is -0.137. The highest BCUT2D eigenvalue weighted by Crippen LogP contribution is 2.32. The van der Waals surface area contributed by atoms with Crippen LogP contribution in [0.5, 0.6) is 5.75 Å². The van der Waals surface area contributed by atoms with E-state index in [1.165, 1.54) is 12.1 Å². The smallest absolute Gasteiger partial charge is 0.416 e. The van der Waals surface area contributed by atoms with Crippen molar-refractivity contribution in [3.63, 3.8) is 0 Å². The number of carboxylic acid groups (broad SMARTS) is 1. The Bertz CT molecular complexity index is 911. The van der Waals surface area contributed by atoms with Gasteiger partial charge >= 0.3 is 12.1 Å². The van der Waals surface area contributed by atoms with Gasteiger partial charge in [0.1, 0.15) is 11.9 Å². The first-order valence-corrected chi connectivity index (χ1v) is 10.4. The average molecular weight is 451 g/mol. The molecule has 32 heavy (non-hydrogen) atoms. The quantitative estimate of drug-likeness (QED) is 0.680. The fourth-order valence-corrected chi connectivity index (χ4v) is 4.04. The summed E-state index contributed by atoms with van der Waals surface area (Å²) in [6, 6.07) is 11.2. The summed E-state index contributed by atoms with van der Waals surface area (Å²) in [4.78, 5) is 13.2. The highest BCUT2D eigenvalue weighted by Gasteiger charge is 2.35. The molecule has 2 aromatic rings. The average Bonchev–Trinajstić information content (AvgIpc) is 3.42. The van der Waals surface area contributed by atoms with Crippen LogP contribution >= 0.6 is 0 Å². The first-order chi connectivity index (χ1) is 15.3. The van der Waals surface area contributed by atoms with Crippen molar-refractivity contribution in [1.29, 1.82) is 0 Å². The van der Waals surface area contributed by atoms with Crippen molar-refractivity contribution in [2.45, 2.75) is 37.3 Å². The van der Waals surface area contributed by atoms with Crippen molar-refractivity contribution >= 4 is 11.7 Å². The molecule has 2 heterocycles. The predicted molar refractivity (Wildman–Crippen MR) is 110 cm³/mol. The Hall–Kier alpha value is -2.78. The van der Waals surface area contributed by atoms with Gasteiger partial charge in [0.2, 0.25) is 0 Å². The number of hydrogen-bond acceptors (Lipinski definition) is 5. The second-order valence-electron chi connectivity index (χ2n) is 7.97. The van der Waals surface area contributed by atoms with E-state index < -0.39 is 17.7 Å². The van der Waals surface area contributed by atoms with Gasteiger partial charge in [-0.1, -0.05) is 0 Å². The fourth-order valence-electron chi connectivity index (χ4n) is 4.04. The normalized spacial score (nSPS) is 23.5. The van der Waals surface area contributed by atoms with Crippen LogP contribution in [0.15, 0.2) is 48.5 Å². The molecule has 4 rings (SSSR count). The first-order valence-electron chi connectivity index (χ1n) is 10.4. The molecule has 2 aliphatic heterocycles. The van der Waals surface area contributed by atoms with Gasteiger partial charge in [-0.25, -0.2) is 4.79 Å². The summed E-state index contributed by atoms with van der Waals surface area (Å²) in [5.41, 5.74) is 0.313. The summed E-state index contributed by atoms with van der Waals surface area (Å²) in [5, 5.41) is 9.14. The minimum atomic E-state index is -4.39. The van der Waals surface area contributed by atoms with E-state index in [2.05, 4.69) is 4.90 Å². The highest BCUT2D eigenvalue weighted by atomic mass is 19.4. The van der Waals surface area contributed by atoms with Gasteiger partial charge in [0.05, 0.1) is 43.0 Å². The lowest BCUT2D eigenvalue weighted by atomic mass is 10.1. The standard InChI is InChI=1S/C23H24F3NO5/c24-23(25,26)16-3-7-19(8-4-16)32-21-11-18(13-31-20-9-10-30-14-20)27(12-21)17-5-1-15(2-6-17)22(28)29/h1-8,18,20-21H,9-14H2,(H,28,29)/t18-,20-,21+/m0/s1. The minimum absolute atomic E-state index is 0.0225. The third kappa shape index (κ3) is 5.34. The molecular formula is C23H24F3NO5. The molecule has 0 spiro atoms. The number of carboxylic acids is 1. The summed E-state index contributed by atoms with van der Waals surface area (Å²) >= 11 is 0. The van der Waals surface area contributed by atoms with E-state index in [0.29, 0.717) is 38.5 Å². The third-order valence-corrected chi connectivity index (χ3v) is 5.72. The van der Waals surface area contributed by atoms with Crippen LogP contribution in [0.3, 0.4) is 0 Å². The highest BCUT2D eigenvalue weighted by molar-refractivity contribution is 5.88. The van der Waals surface area contributed by atoms with E-state index in [1.807, 2.05) is 0 Å². The number of anilines is 1. The Morgan fingerprint density at radius 3 is 2.41 bits per heavy atom. The summed E-state index contributed by atoms with van der Waals surface area (Å²) in [6.45, 7) is 2.19. The molecule has 3 atom stereocenters. The van der Waals surface area contributed by atoms with E-state index in [9.17, 15) is 18.0 Å². The molecule has 172 valence electrons. The lowest BCUT2D eigenvalue weighted by Gasteiger charge is -2.27. The molecule has 0 radical (unpaired) electrons. The maximum absolute atomic E-state index is 12.8. The van der Waals surface area contributed by atoms with Crippen molar-refractivity contribution in [3.8, 4) is 5.75 Å². The van der Waals surface area contributed by atoms with Gasteiger partial charge in [-0.15, -0.1) is 0 Å². The molecule has 2 aliphatic rings. The zero-order chi connectivity index (χ0) is 22.7. The van der Waals surface area contributed by atoms with Crippen LogP contribution in [-0.2, 0) is 15.7 Å². The van der Waals surface area contributed by atoms with Crippen molar-refractivity contribution in [2.24, 2.45) is 0 Å². The topological polar surface area (TPSA) is 68.2 Å². The number of benzene rings is 2. The van der Waals surface area contributed by atoms with E-state index in [-0.39, 0.29) is 23.8 Å². The van der Waals surface area contributed by atoms with Gasteiger partial charge in [0.25, 0.3) is 0 Å². The number of aromatic carboxylic acids is 1. The Morgan fingerprint density at radius 2 is 1.81 bits per heavy atom. The SMILES string of the molecule is O=C(O)c1ccc(N2C[C@H](Oc3ccc(C(F)(F)F)cc3)C[C@H]2CO[C@H]2CCOC2)cc1. The van der Waals surface area contributed by atoms with Crippen LogP contribution in [0, 0.1) is 0 Å². The molecule has 6 nitrogen and oxygen atoms in total. The maximum Gasteiger partial charge on any atom is 0.416 e. The van der Waals surface area contributed by atoms with Gasteiger partial charge < -0.3 is 24.2 Å². The van der Waals surface area contributed by atoms with Crippen LogP contribution in [0.4, 0.5) is 18.9 Å². The molecule has 0 saturated carbocycles. The van der Waals surface area contributed by atoms with Gasteiger partial charge in [-0.3, -0.25) is 0 Å². The summed E-state index contributed by atoms with van der Waals surface area (Å²) in [6.07, 6.45) is -3.14. The molecule has 0 amide bonds. The van der Waals surface area contributed by atoms with Gasteiger partial charge in [0, 0.05) is 18.7 Å². The third-order valence-electron chi connectivity index (χ3n) is 5.72. The molecule has 2 aromatic carbocycles. The zero-order valence-corrected chi connectivity index (χ0v) is 17.3. The van der Waals surface area contributed by atoms with Crippen LogP contribution in [0.25, 0.3) is 0 Å². The molecule has 1 N–H and O–H groups in total. The zero-order valence-electron chi connectivity index (χ0n) is 17.3. The van der Waals surface area contributed by atoms with Crippen molar-refractivity contribution < 1.29 is 37.3 Å². The summed E-state index contributed by atoms with van der Waals surface area (Å²) < 4.78 is 55.7. The predicted octanol–water partition coefficient (Wildman–Crippen LogP) is 4.24. The van der Waals surface area contributed by atoms with Crippen molar-refractivity contribution in [2.75, 3.05) is 31.3 Å². The second-order valence-corrected chi connectivity index (χ2v) is 7.97. The van der Waals surface area contributed by atoms with E-state index in [1.54, 1.807) is 24.3 Å². The Kier molecular flexibility index (Phi) is 6.57. The summed E-state index contributed by atoms with van der Waals surface area (Å²) in [7, 11) is 0. The Balaban J connectivity index is 1.46. The number of carbonyl (C=O) groups is 1. The fraction of sp³-hybridized carbons (Fsp3) is 0.435. The van der Waals surface area contributed by atoms with Gasteiger partial charge in [-0.05, 0) is 55.0 Å². The molecular weight excluding hydrogens is 427 g/mol. The number of nitrogens with zero attached hydrogens (tertiary/aromatic N) is 1. The number of hydrogen-bond donors (Lipinski definition) is 1. The maximum atomic E-state index is 12.8. The number of alkyl halides is 3. The molecule has 2 fully saturated rings. The van der Waals surface area contributed by atoms with Gasteiger partial charge in [0.15, 0.2) is 0 Å². The number of halogens is 3. The second kappa shape index (κ2) is 9.38. The molecule has 0 unspecified atom stereocenters. The summed E-state index contributed by atoms with van der Waals surface area (Å²) in [5.74, 6) is -0.627. The molecule has 0 aliphatic carbocycles. The number of rotatable bonds is 7. The minimum Gasteiger partial charge on any atom is -0.489 e.